The van der Waals surface area contributed by atoms with Gasteiger partial charge in [-0.15, -0.1) is 24.8 Å². The Morgan fingerprint density at radius 2 is 1.80 bits per heavy atom. The highest BCUT2D eigenvalue weighted by Gasteiger charge is 2.03. The van der Waals surface area contributed by atoms with Crippen LogP contribution in [0.1, 0.15) is 11.1 Å². The van der Waals surface area contributed by atoms with Gasteiger partial charge in [0.25, 0.3) is 0 Å². The number of nitrogens with two attached hydrogens (primary N) is 1. The van der Waals surface area contributed by atoms with Gasteiger partial charge in [-0.1, -0.05) is 23.7 Å². The van der Waals surface area contributed by atoms with Gasteiger partial charge >= 0.3 is 0 Å². The number of ether oxygens (including phenoxy) is 1. The van der Waals surface area contributed by atoms with Gasteiger partial charge in [-0.3, -0.25) is 0 Å². The number of fused-ring (bicyclic) bond motifs is 1. The zero-order valence-electron chi connectivity index (χ0n) is 13.7. The predicted octanol–water partition coefficient (Wildman–Crippen LogP) is 4.61. The second kappa shape index (κ2) is 9.68. The average molecular weight is 401 g/mol. The van der Waals surface area contributed by atoms with Crippen molar-refractivity contribution in [3.05, 3.63) is 64.7 Å². The quantitative estimate of drug-likeness (QED) is 0.656. The molecule has 0 unspecified atom stereocenters. The van der Waals surface area contributed by atoms with Gasteiger partial charge in [0.05, 0.1) is 5.52 Å². The molecule has 25 heavy (non-hydrogen) atoms. The number of halogens is 3. The minimum absolute atomic E-state index is 0. The molecule has 1 aromatic heterocycles. The molecule has 1 heterocycles. The third kappa shape index (κ3) is 5.65. The van der Waals surface area contributed by atoms with Crippen LogP contribution in [-0.2, 0) is 13.2 Å². The first-order chi connectivity index (χ1) is 11.1. The summed E-state index contributed by atoms with van der Waals surface area (Å²) in [5, 5.41) is 4.83. The van der Waals surface area contributed by atoms with Crippen molar-refractivity contribution in [3.63, 3.8) is 0 Å². The average Bonchev–Trinajstić information content (AvgIpc) is 2.52. The first-order valence-corrected chi connectivity index (χ1v) is 7.74. The minimum Gasteiger partial charge on any atom is -0.489 e. The Morgan fingerprint density at radius 3 is 2.56 bits per heavy atom. The van der Waals surface area contributed by atoms with Crippen molar-refractivity contribution in [2.24, 2.45) is 0 Å². The molecule has 0 atom stereocenters. The van der Waals surface area contributed by atoms with E-state index < -0.39 is 0 Å². The van der Waals surface area contributed by atoms with Crippen LogP contribution in [0.25, 0.3) is 10.9 Å². The molecular weight excluding hydrogens is 381 g/mol. The maximum Gasteiger partial charge on any atom is 0.124 e. The van der Waals surface area contributed by atoms with Crippen molar-refractivity contribution < 1.29 is 4.74 Å². The smallest absolute Gasteiger partial charge is 0.124 e. The molecule has 0 radical (unpaired) electrons. The van der Waals surface area contributed by atoms with Crippen molar-refractivity contribution in [2.45, 2.75) is 13.2 Å². The lowest BCUT2D eigenvalue weighted by Crippen LogP contribution is -2.05. The summed E-state index contributed by atoms with van der Waals surface area (Å²) in [6.07, 6.45) is 0. The highest BCUT2D eigenvalue weighted by molar-refractivity contribution is 6.30. The van der Waals surface area contributed by atoms with E-state index in [9.17, 15) is 0 Å². The first-order valence-electron chi connectivity index (χ1n) is 7.36. The van der Waals surface area contributed by atoms with Crippen LogP contribution in [0.5, 0.6) is 5.75 Å². The van der Waals surface area contributed by atoms with E-state index in [1.807, 2.05) is 49.5 Å². The number of hydrogen-bond acceptors (Lipinski definition) is 4. The monoisotopic (exact) mass is 399 g/mol. The van der Waals surface area contributed by atoms with E-state index in [1.165, 1.54) is 0 Å². The van der Waals surface area contributed by atoms with Crippen molar-refractivity contribution in [1.29, 1.82) is 0 Å². The fraction of sp³-hybridized carbons (Fsp3) is 0.167. The van der Waals surface area contributed by atoms with E-state index in [0.717, 1.165) is 34.3 Å². The van der Waals surface area contributed by atoms with Crippen LogP contribution >= 0.6 is 36.4 Å². The normalized spacial score (nSPS) is 10.0. The molecule has 3 aromatic rings. The second-order valence-electron chi connectivity index (χ2n) is 5.38. The molecule has 0 fully saturated rings. The summed E-state index contributed by atoms with van der Waals surface area (Å²) in [5.74, 6) is 1.27. The lowest BCUT2D eigenvalue weighted by atomic mass is 10.1. The zero-order valence-corrected chi connectivity index (χ0v) is 16.0. The topological polar surface area (TPSA) is 60.2 Å². The van der Waals surface area contributed by atoms with Crippen molar-refractivity contribution in [2.75, 3.05) is 12.8 Å². The number of rotatable bonds is 5. The third-order valence-electron chi connectivity index (χ3n) is 3.50. The Morgan fingerprint density at radius 1 is 1.04 bits per heavy atom. The van der Waals surface area contributed by atoms with Gasteiger partial charge in [0.2, 0.25) is 0 Å². The van der Waals surface area contributed by atoms with Crippen LogP contribution < -0.4 is 15.8 Å². The molecule has 3 N–H and O–H groups in total. The van der Waals surface area contributed by atoms with Gasteiger partial charge in [-0.25, -0.2) is 4.98 Å². The van der Waals surface area contributed by atoms with Crippen LogP contribution in [0, 0.1) is 0 Å². The summed E-state index contributed by atoms with van der Waals surface area (Å²) in [6, 6.07) is 15.5. The maximum atomic E-state index is 6.13. The van der Waals surface area contributed by atoms with E-state index in [4.69, 9.17) is 22.1 Å². The molecule has 0 bridgehead atoms. The van der Waals surface area contributed by atoms with Crippen LogP contribution in [-0.4, -0.2) is 12.0 Å². The highest BCUT2D eigenvalue weighted by atomic mass is 35.5. The summed E-state index contributed by atoms with van der Waals surface area (Å²) >= 11 is 6.13. The van der Waals surface area contributed by atoms with E-state index in [1.54, 1.807) is 6.07 Å². The van der Waals surface area contributed by atoms with Gasteiger partial charge in [0.15, 0.2) is 0 Å². The highest BCUT2D eigenvalue weighted by Crippen LogP contribution is 2.23. The Bertz CT molecular complexity index is 843. The van der Waals surface area contributed by atoms with Gasteiger partial charge < -0.3 is 15.8 Å². The molecular formula is C18H20Cl3N3O. The number of nitrogens with one attached hydrogen (secondary N) is 1. The van der Waals surface area contributed by atoms with Gasteiger partial charge in [0.1, 0.15) is 18.2 Å². The van der Waals surface area contributed by atoms with Gasteiger partial charge in [0, 0.05) is 17.0 Å². The zero-order chi connectivity index (χ0) is 16.2. The molecule has 7 heteroatoms. The third-order valence-corrected chi connectivity index (χ3v) is 3.71. The largest absolute Gasteiger partial charge is 0.489 e. The Balaban J connectivity index is 0.00000156. The molecule has 134 valence electrons. The summed E-state index contributed by atoms with van der Waals surface area (Å²) in [7, 11) is 1.90. The predicted molar refractivity (Wildman–Crippen MR) is 109 cm³/mol. The molecule has 0 saturated carbocycles. The van der Waals surface area contributed by atoms with Crippen LogP contribution in [0.2, 0.25) is 5.02 Å². The lowest BCUT2D eigenvalue weighted by Gasteiger charge is -2.10. The van der Waals surface area contributed by atoms with E-state index in [-0.39, 0.29) is 24.8 Å². The molecule has 0 spiro atoms. The molecule has 0 aliphatic heterocycles. The first kappa shape index (κ1) is 21.3. The second-order valence-corrected chi connectivity index (χ2v) is 5.81. The fourth-order valence-electron chi connectivity index (χ4n) is 2.45. The number of anilines is 1. The SMILES string of the molecule is CNCc1cc(Cl)cc(OCc2ccc3ccc(N)nc3c2)c1.Cl.Cl. The molecule has 3 rings (SSSR count). The van der Waals surface area contributed by atoms with Gasteiger partial charge in [-0.05, 0) is 54.6 Å². The van der Waals surface area contributed by atoms with Crippen LogP contribution in [0.3, 0.4) is 0 Å². The maximum absolute atomic E-state index is 6.13. The van der Waals surface area contributed by atoms with E-state index in [2.05, 4.69) is 10.3 Å². The molecule has 0 aliphatic carbocycles. The molecule has 2 aromatic carbocycles. The summed E-state index contributed by atoms with van der Waals surface area (Å²) in [5.41, 5.74) is 8.73. The fourth-order valence-corrected chi connectivity index (χ4v) is 2.69. The van der Waals surface area contributed by atoms with Crippen LogP contribution in [0.4, 0.5) is 5.82 Å². The standard InChI is InChI=1S/C18H18ClN3O.2ClH/c1-21-10-13-6-15(19)9-16(7-13)23-11-12-2-3-14-4-5-18(20)22-17(14)8-12;;/h2-9,21H,10-11H2,1H3,(H2,20,22);2*1H. The van der Waals surface area contributed by atoms with Crippen molar-refractivity contribution in [3.8, 4) is 5.75 Å². The summed E-state index contributed by atoms with van der Waals surface area (Å²) < 4.78 is 5.87. The summed E-state index contributed by atoms with van der Waals surface area (Å²) in [4.78, 5) is 4.34. The van der Waals surface area contributed by atoms with Crippen molar-refractivity contribution in [1.82, 2.24) is 10.3 Å². The van der Waals surface area contributed by atoms with Gasteiger partial charge in [-0.2, -0.15) is 0 Å². The number of aromatic nitrogens is 1. The van der Waals surface area contributed by atoms with E-state index in [0.29, 0.717) is 17.4 Å². The lowest BCUT2D eigenvalue weighted by molar-refractivity contribution is 0.306. The van der Waals surface area contributed by atoms with E-state index >= 15 is 0 Å². The Hall–Kier alpha value is -1.72. The molecule has 0 saturated heterocycles. The van der Waals surface area contributed by atoms with Crippen LogP contribution in [0.15, 0.2) is 48.5 Å². The Kier molecular flexibility index (Phi) is 8.26. The number of pyridine rings is 1. The van der Waals surface area contributed by atoms with Crippen molar-refractivity contribution >= 4 is 53.1 Å². The molecule has 0 amide bonds. The minimum atomic E-state index is 0. The number of nitrogen functional groups attached to an aromatic ring is 1. The number of benzene rings is 2. The Labute approximate surface area is 164 Å². The number of hydrogen-bond donors (Lipinski definition) is 2. The molecule has 0 aliphatic rings. The number of nitrogens with zero attached hydrogens (tertiary/aromatic N) is 1. The molecule has 4 nitrogen and oxygen atoms in total. The summed E-state index contributed by atoms with van der Waals surface area (Å²) in [6.45, 7) is 1.20.